The lowest BCUT2D eigenvalue weighted by Crippen LogP contribution is -2.41. The number of nitrogens with two attached hydrogens (primary N) is 2. The minimum atomic E-state index is -0.851. The number of benzene rings is 2. The summed E-state index contributed by atoms with van der Waals surface area (Å²) in [6.45, 7) is 7.07. The van der Waals surface area contributed by atoms with Gasteiger partial charge in [0.15, 0.2) is 11.4 Å². The van der Waals surface area contributed by atoms with Crippen LogP contribution in [0.2, 0.25) is 0 Å². The zero-order valence-electron chi connectivity index (χ0n) is 28.0. The first kappa shape index (κ1) is 37.8. The Bertz CT molecular complexity index is 1580. The number of rotatable bonds is 16. The molecule has 1 heterocycles. The molecule has 17 nitrogen and oxygen atoms in total. The lowest BCUT2D eigenvalue weighted by molar-refractivity contribution is -0.384. The van der Waals surface area contributed by atoms with E-state index in [2.05, 4.69) is 10.6 Å². The van der Waals surface area contributed by atoms with Crippen LogP contribution in [0.4, 0.5) is 27.5 Å². The minimum Gasteiger partial charge on any atom is -0.494 e. The number of hydrogen-bond donors (Lipinski definition) is 4. The molecule has 266 valence electrons. The number of nitro benzene ring substituents is 2. The molecule has 1 fully saturated rings. The number of nitrogens with zero attached hydrogens (tertiary/aromatic N) is 3. The first-order chi connectivity index (χ1) is 23.1. The lowest BCUT2D eigenvalue weighted by Gasteiger charge is -2.33. The van der Waals surface area contributed by atoms with Crippen molar-refractivity contribution in [1.29, 1.82) is 0 Å². The fourth-order valence-electron chi connectivity index (χ4n) is 5.18. The van der Waals surface area contributed by atoms with Crippen LogP contribution in [0.25, 0.3) is 0 Å². The molecule has 0 spiro atoms. The summed E-state index contributed by atoms with van der Waals surface area (Å²) >= 11 is 0. The molecule has 0 aromatic heterocycles. The predicted octanol–water partition coefficient (Wildman–Crippen LogP) is 4.60. The molecular weight excluding hydrogens is 642 g/mol. The molecule has 1 aliphatic heterocycles. The molecule has 0 unspecified atom stereocenters. The van der Waals surface area contributed by atoms with Crippen molar-refractivity contribution >= 4 is 40.7 Å². The van der Waals surface area contributed by atoms with Gasteiger partial charge in [0.1, 0.15) is 17.1 Å². The van der Waals surface area contributed by atoms with E-state index >= 15 is 0 Å². The number of likely N-dealkylation sites (tertiary alicyclic amines) is 1. The number of nitrogens with one attached hydrogen (secondary N) is 2. The number of amides is 3. The molecule has 3 amide bonds. The molecule has 0 bridgehead atoms. The topological polar surface area (TPSA) is 245 Å². The number of anilines is 2. The molecule has 0 aliphatic carbocycles. The average molecular weight is 686 g/mol. The van der Waals surface area contributed by atoms with E-state index in [4.69, 9.17) is 25.7 Å². The third kappa shape index (κ3) is 11.0. The summed E-state index contributed by atoms with van der Waals surface area (Å²) in [7, 11) is 1.29. The Balaban J connectivity index is 1.62. The second-order valence-electron chi connectivity index (χ2n) is 12.3. The standard InChI is InChI=1S/C32H43N7O10/c1-32(2,3)49-31(42)37-13-9-20(10-14-37)8-7-15-48-26-19-22(30(34)41)17-24(39(45)46)28(26)36-12-6-5-11-35-27-23(38(43)44)16-21(29(33)40)18-25(27)47-4/h5-6,16-20,35-36H,7-15H2,1-4H3,(H2,33,40)(H2,34,41)/b6-5+. The van der Waals surface area contributed by atoms with E-state index in [-0.39, 0.29) is 59.8 Å². The summed E-state index contributed by atoms with van der Waals surface area (Å²) in [6.07, 6.45) is 6.00. The first-order valence-corrected chi connectivity index (χ1v) is 15.6. The van der Waals surface area contributed by atoms with E-state index in [0.717, 1.165) is 31.4 Å². The van der Waals surface area contributed by atoms with Gasteiger partial charge in [-0.2, -0.15) is 0 Å². The monoisotopic (exact) mass is 685 g/mol. The number of carbonyl (C=O) groups is 3. The Morgan fingerprint density at radius 1 is 0.898 bits per heavy atom. The number of methoxy groups -OCH3 is 1. The van der Waals surface area contributed by atoms with Crippen molar-refractivity contribution in [2.24, 2.45) is 17.4 Å². The summed E-state index contributed by atoms with van der Waals surface area (Å²) in [4.78, 5) is 59.8. The van der Waals surface area contributed by atoms with Gasteiger partial charge in [0, 0.05) is 49.4 Å². The van der Waals surface area contributed by atoms with Gasteiger partial charge in [-0.15, -0.1) is 0 Å². The number of nitro groups is 2. The highest BCUT2D eigenvalue weighted by Crippen LogP contribution is 2.37. The van der Waals surface area contributed by atoms with E-state index in [0.29, 0.717) is 25.4 Å². The Morgan fingerprint density at radius 2 is 1.39 bits per heavy atom. The molecule has 1 saturated heterocycles. The number of ether oxygens (including phenoxy) is 3. The fraction of sp³-hybridized carbons (Fsp3) is 0.469. The van der Waals surface area contributed by atoms with Crippen LogP contribution in [-0.2, 0) is 4.74 Å². The van der Waals surface area contributed by atoms with Gasteiger partial charge < -0.3 is 41.2 Å². The normalized spacial score (nSPS) is 13.5. The van der Waals surface area contributed by atoms with E-state index in [1.165, 1.54) is 19.2 Å². The molecule has 2 aromatic rings. The van der Waals surface area contributed by atoms with Crippen LogP contribution in [-0.4, -0.2) is 78.2 Å². The van der Waals surface area contributed by atoms with Crippen molar-refractivity contribution in [2.75, 3.05) is 50.5 Å². The van der Waals surface area contributed by atoms with Crippen LogP contribution in [0.15, 0.2) is 36.4 Å². The molecule has 0 atom stereocenters. The van der Waals surface area contributed by atoms with E-state index < -0.39 is 38.6 Å². The maximum absolute atomic E-state index is 12.3. The number of piperidine rings is 1. The molecule has 3 rings (SSSR count). The molecule has 6 N–H and O–H groups in total. The highest BCUT2D eigenvalue weighted by molar-refractivity contribution is 5.96. The molecule has 0 radical (unpaired) electrons. The second kappa shape index (κ2) is 17.0. The molecule has 2 aromatic carbocycles. The third-order valence-electron chi connectivity index (χ3n) is 7.59. The smallest absolute Gasteiger partial charge is 0.410 e. The fourth-order valence-corrected chi connectivity index (χ4v) is 5.18. The van der Waals surface area contributed by atoms with Gasteiger partial charge in [-0.3, -0.25) is 29.8 Å². The van der Waals surface area contributed by atoms with Crippen molar-refractivity contribution in [3.8, 4) is 11.5 Å². The van der Waals surface area contributed by atoms with Crippen LogP contribution in [0.3, 0.4) is 0 Å². The summed E-state index contributed by atoms with van der Waals surface area (Å²) in [5, 5.41) is 29.4. The predicted molar refractivity (Wildman–Crippen MR) is 181 cm³/mol. The van der Waals surface area contributed by atoms with Gasteiger partial charge in [0.25, 0.3) is 11.4 Å². The maximum Gasteiger partial charge on any atom is 0.410 e. The minimum absolute atomic E-state index is 0.0390. The second-order valence-corrected chi connectivity index (χ2v) is 12.3. The van der Waals surface area contributed by atoms with Crippen molar-refractivity contribution in [2.45, 2.75) is 52.1 Å². The number of primary amides is 2. The first-order valence-electron chi connectivity index (χ1n) is 15.6. The van der Waals surface area contributed by atoms with Crippen molar-refractivity contribution in [3.05, 3.63) is 67.8 Å². The van der Waals surface area contributed by atoms with E-state index in [1.54, 1.807) is 17.1 Å². The quantitative estimate of drug-likeness (QED) is 0.0820. The molecule has 17 heteroatoms. The molecule has 49 heavy (non-hydrogen) atoms. The van der Waals surface area contributed by atoms with Crippen molar-refractivity contribution in [3.63, 3.8) is 0 Å². The van der Waals surface area contributed by atoms with Crippen LogP contribution in [0, 0.1) is 26.1 Å². The summed E-state index contributed by atoms with van der Waals surface area (Å²) in [5.41, 5.74) is 9.26. The number of hydrogen-bond acceptors (Lipinski definition) is 12. The largest absolute Gasteiger partial charge is 0.494 e. The van der Waals surface area contributed by atoms with Crippen LogP contribution >= 0.6 is 0 Å². The highest BCUT2D eigenvalue weighted by atomic mass is 16.6. The molecule has 1 aliphatic rings. The van der Waals surface area contributed by atoms with Gasteiger partial charge in [-0.25, -0.2) is 4.79 Å². The molecular formula is C32H43N7O10. The van der Waals surface area contributed by atoms with Crippen LogP contribution < -0.4 is 31.6 Å². The number of carbonyl (C=O) groups excluding carboxylic acids is 3. The Morgan fingerprint density at radius 3 is 1.84 bits per heavy atom. The van der Waals surface area contributed by atoms with Crippen LogP contribution in [0.1, 0.15) is 67.2 Å². The summed E-state index contributed by atoms with van der Waals surface area (Å²) in [6, 6.07) is 4.75. The molecule has 0 saturated carbocycles. The summed E-state index contributed by atoms with van der Waals surface area (Å²) in [5.74, 6) is -1.20. The lowest BCUT2D eigenvalue weighted by atomic mass is 9.92. The summed E-state index contributed by atoms with van der Waals surface area (Å²) < 4.78 is 16.6. The zero-order chi connectivity index (χ0) is 36.3. The van der Waals surface area contributed by atoms with E-state index in [9.17, 15) is 34.6 Å². The van der Waals surface area contributed by atoms with Crippen molar-refractivity contribution in [1.82, 2.24) is 4.90 Å². The van der Waals surface area contributed by atoms with Gasteiger partial charge in [-0.05, 0) is 64.5 Å². The third-order valence-corrected chi connectivity index (χ3v) is 7.59. The SMILES string of the molecule is COc1cc(C(N)=O)cc([N+](=O)[O-])c1NC/C=C/CNc1c(OCCCC2CCN(C(=O)OC(C)(C)C)CC2)cc(C(N)=O)cc1[N+](=O)[O-]. The highest BCUT2D eigenvalue weighted by Gasteiger charge is 2.27. The maximum atomic E-state index is 12.3. The van der Waals surface area contributed by atoms with Gasteiger partial charge >= 0.3 is 6.09 Å². The average Bonchev–Trinajstić information content (AvgIpc) is 3.03. The Labute approximate surface area is 283 Å². The van der Waals surface area contributed by atoms with E-state index in [1.807, 2.05) is 20.8 Å². The Hall–Kier alpha value is -5.61. The van der Waals surface area contributed by atoms with Crippen molar-refractivity contribution < 1.29 is 38.4 Å². The Kier molecular flexibility index (Phi) is 13.1. The van der Waals surface area contributed by atoms with Gasteiger partial charge in [0.2, 0.25) is 11.8 Å². The van der Waals surface area contributed by atoms with Gasteiger partial charge in [0.05, 0.1) is 23.6 Å². The van der Waals surface area contributed by atoms with Crippen LogP contribution in [0.5, 0.6) is 11.5 Å². The zero-order valence-corrected chi connectivity index (χ0v) is 28.0. The van der Waals surface area contributed by atoms with Gasteiger partial charge in [-0.1, -0.05) is 12.2 Å².